The van der Waals surface area contributed by atoms with Crippen LogP contribution in [0.5, 0.6) is 11.5 Å². The Labute approximate surface area is 437 Å². The van der Waals surface area contributed by atoms with Crippen LogP contribution in [0.3, 0.4) is 0 Å². The predicted octanol–water partition coefficient (Wildman–Crippen LogP) is 9.42. The van der Waals surface area contributed by atoms with Crippen LogP contribution in [-0.4, -0.2) is 114 Å². The number of fused-ring (bicyclic) bond motifs is 2. The Hall–Kier alpha value is -7.57. The number of nitrogens with one attached hydrogen (secondary N) is 4. The zero-order valence-corrected chi connectivity index (χ0v) is 44.4. The minimum absolute atomic E-state index is 0.0889. The molecule has 3 aromatic carbocycles. The van der Waals surface area contributed by atoms with Gasteiger partial charge < -0.3 is 54.1 Å². The van der Waals surface area contributed by atoms with E-state index in [-0.39, 0.29) is 49.5 Å². The van der Waals surface area contributed by atoms with Gasteiger partial charge in [0.05, 0.1) is 36.2 Å². The van der Waals surface area contributed by atoms with Crippen LogP contribution < -0.4 is 20.1 Å². The molecule has 2 fully saturated rings. The third-order valence-electron chi connectivity index (χ3n) is 13.8. The summed E-state index contributed by atoms with van der Waals surface area (Å²) in [6.07, 6.45) is 2.95. The summed E-state index contributed by atoms with van der Waals surface area (Å²) in [4.78, 5) is 89.4. The van der Waals surface area contributed by atoms with Crippen molar-refractivity contribution in [3.05, 3.63) is 95.8 Å². The van der Waals surface area contributed by atoms with Crippen molar-refractivity contribution in [1.29, 1.82) is 0 Å². The quantitative estimate of drug-likeness (QED) is 0.0859. The normalized spacial score (nSPS) is 19.0. The van der Waals surface area contributed by atoms with E-state index in [1.54, 1.807) is 57.5 Å². The Kier molecular flexibility index (Phi) is 14.6. The molecule has 19 heteroatoms. The molecule has 6 heterocycles. The fraction of sp³-hybridized carbons (Fsp3) is 0.482. The second-order valence-electron chi connectivity index (χ2n) is 22.5. The van der Waals surface area contributed by atoms with Crippen LogP contribution in [0.1, 0.15) is 123 Å². The van der Waals surface area contributed by atoms with E-state index in [9.17, 15) is 24.0 Å². The van der Waals surface area contributed by atoms with Gasteiger partial charge >= 0.3 is 18.3 Å². The molecule has 4 aliphatic heterocycles. The molecule has 0 unspecified atom stereocenters. The summed E-state index contributed by atoms with van der Waals surface area (Å²) in [5.74, 6) is 1.56. The number of alkyl carbamates (subject to hydrolysis) is 2. The standard InChI is InChI=1S/C56H69N9O10/c1-31(2)46(61-52(68)74-55(5,6)7)50(66)64-21-11-12-42(64)48-57-25-40(59-48)35-17-13-33(14-18-35)34-15-19-36(20-16-34)41-26-58-49(60-41)43-24-39(29-65(43)51(67)47(32(3)4)62-53(69)75-56(8,9)10)73-54(70)63-27-37-22-44-45(72-30-71-44)23-38(37)28-63/h13-20,22-23,25-26,31-32,39,42-43,46-47H,11-12,21,24,27-30H2,1-10H3,(H,57,59)(H,58,60)(H,61,68)(H,62,69)/t39-,42+,43+,46+,47+/m1/s1. The number of carbonyl (C=O) groups excluding carboxylic acids is 5. The van der Waals surface area contributed by atoms with Gasteiger partial charge in [0, 0.05) is 37.8 Å². The number of ether oxygens (including phenoxy) is 5. The number of hydrogen-bond acceptors (Lipinski definition) is 12. The fourth-order valence-corrected chi connectivity index (χ4v) is 10.1. The highest BCUT2D eigenvalue weighted by molar-refractivity contribution is 5.87. The van der Waals surface area contributed by atoms with Gasteiger partial charge in [0.2, 0.25) is 18.6 Å². The molecule has 0 aliphatic carbocycles. The molecule has 0 spiro atoms. The fourth-order valence-electron chi connectivity index (χ4n) is 10.1. The molecular weight excluding hydrogens is 959 g/mol. The largest absolute Gasteiger partial charge is 0.454 e. The lowest BCUT2D eigenvalue weighted by atomic mass is 10.0. The van der Waals surface area contributed by atoms with Gasteiger partial charge in [0.1, 0.15) is 41.0 Å². The predicted molar refractivity (Wildman–Crippen MR) is 278 cm³/mol. The first-order chi connectivity index (χ1) is 35.6. The number of aromatic amines is 2. The first kappa shape index (κ1) is 52.3. The average Bonchev–Trinajstić information content (AvgIpc) is 4.21. The van der Waals surface area contributed by atoms with Crippen LogP contribution in [0.2, 0.25) is 0 Å². The van der Waals surface area contributed by atoms with Gasteiger partial charge in [-0.1, -0.05) is 76.2 Å². The molecule has 0 radical (unpaired) electrons. The molecule has 5 atom stereocenters. The van der Waals surface area contributed by atoms with E-state index in [1.807, 2.05) is 99.5 Å². The lowest BCUT2D eigenvalue weighted by molar-refractivity contribution is -0.136. The van der Waals surface area contributed by atoms with E-state index in [2.05, 4.69) is 20.6 Å². The molecule has 4 aliphatic rings. The van der Waals surface area contributed by atoms with E-state index in [0.717, 1.165) is 57.6 Å². The number of hydrogen-bond donors (Lipinski definition) is 4. The molecule has 0 bridgehead atoms. The number of carbonyl (C=O) groups is 5. The second-order valence-corrected chi connectivity index (χ2v) is 22.5. The molecule has 2 saturated heterocycles. The minimum atomic E-state index is -0.927. The van der Waals surface area contributed by atoms with Crippen molar-refractivity contribution < 1.29 is 47.7 Å². The van der Waals surface area contributed by atoms with Crippen LogP contribution in [0, 0.1) is 11.8 Å². The van der Waals surface area contributed by atoms with Gasteiger partial charge in [-0.3, -0.25) is 14.5 Å². The van der Waals surface area contributed by atoms with Crippen LogP contribution >= 0.6 is 0 Å². The van der Waals surface area contributed by atoms with Crippen molar-refractivity contribution in [2.24, 2.45) is 11.8 Å². The molecule has 75 heavy (non-hydrogen) atoms. The molecule has 19 nitrogen and oxygen atoms in total. The monoisotopic (exact) mass is 1030 g/mol. The van der Waals surface area contributed by atoms with Gasteiger partial charge in [0.25, 0.3) is 0 Å². The molecule has 9 rings (SSSR count). The smallest absolute Gasteiger partial charge is 0.410 e. The number of likely N-dealkylation sites (tertiary alicyclic amines) is 2. The maximum atomic E-state index is 14.5. The third kappa shape index (κ3) is 11.9. The number of amides is 5. The van der Waals surface area contributed by atoms with Crippen LogP contribution in [0.15, 0.2) is 73.1 Å². The highest BCUT2D eigenvalue weighted by atomic mass is 16.7. The maximum Gasteiger partial charge on any atom is 0.410 e. The number of aromatic nitrogens is 4. The summed E-state index contributed by atoms with van der Waals surface area (Å²) < 4.78 is 28.2. The van der Waals surface area contributed by atoms with Gasteiger partial charge in [-0.2, -0.15) is 0 Å². The lowest BCUT2D eigenvalue weighted by Gasteiger charge is -2.31. The topological polar surface area (TPSA) is 223 Å². The molecular formula is C56H69N9O10. The van der Waals surface area contributed by atoms with Crippen LogP contribution in [0.4, 0.5) is 14.4 Å². The molecule has 5 amide bonds. The van der Waals surface area contributed by atoms with E-state index in [4.69, 9.17) is 33.7 Å². The number of rotatable bonds is 12. The summed E-state index contributed by atoms with van der Waals surface area (Å²) in [7, 11) is 0. The Bertz CT molecular complexity index is 2880. The van der Waals surface area contributed by atoms with E-state index >= 15 is 0 Å². The summed E-state index contributed by atoms with van der Waals surface area (Å²) in [5.41, 5.74) is 5.73. The Morgan fingerprint density at radius 1 is 0.707 bits per heavy atom. The van der Waals surface area contributed by atoms with Crippen molar-refractivity contribution >= 4 is 30.1 Å². The van der Waals surface area contributed by atoms with E-state index in [1.165, 1.54) is 0 Å². The summed E-state index contributed by atoms with van der Waals surface area (Å²) in [6.45, 7) is 19.7. The van der Waals surface area contributed by atoms with Crippen molar-refractivity contribution in [3.63, 3.8) is 0 Å². The van der Waals surface area contributed by atoms with Crippen molar-refractivity contribution in [2.45, 2.75) is 143 Å². The SMILES string of the molecule is CC(C)[C@H](NC(=O)OC(C)(C)C)C(=O)N1CCC[C@H]1c1nc(-c2ccc(-c3ccc(-c4cnc([C@@H]5C[C@@H](OC(=O)N6Cc7cc8c(cc7C6)OCO8)CN5C(=O)[C@@H](NC(=O)OC(C)(C)C)C(C)C)[nH]4)cc3)cc2)c[nH]1. The van der Waals surface area contributed by atoms with Gasteiger partial charge in [-0.15, -0.1) is 0 Å². The first-order valence-electron chi connectivity index (χ1n) is 25.9. The first-order valence-corrected chi connectivity index (χ1v) is 25.9. The van der Waals surface area contributed by atoms with Gasteiger partial charge in [-0.25, -0.2) is 24.4 Å². The Morgan fingerprint density at radius 2 is 1.24 bits per heavy atom. The summed E-state index contributed by atoms with van der Waals surface area (Å²) in [5, 5.41) is 5.60. The Morgan fingerprint density at radius 3 is 1.79 bits per heavy atom. The van der Waals surface area contributed by atoms with E-state index in [0.29, 0.717) is 42.8 Å². The van der Waals surface area contributed by atoms with Gasteiger partial charge in [0.15, 0.2) is 11.5 Å². The Balaban J connectivity index is 0.871. The number of benzene rings is 3. The molecule has 0 saturated carbocycles. The van der Waals surface area contributed by atoms with Crippen LogP contribution in [0.25, 0.3) is 33.6 Å². The zero-order valence-electron chi connectivity index (χ0n) is 44.4. The molecule has 4 N–H and O–H groups in total. The highest BCUT2D eigenvalue weighted by Gasteiger charge is 2.44. The van der Waals surface area contributed by atoms with E-state index < -0.39 is 53.7 Å². The zero-order chi connectivity index (χ0) is 53.5. The van der Waals surface area contributed by atoms with Crippen molar-refractivity contribution in [3.8, 4) is 45.1 Å². The average molecular weight is 1030 g/mol. The number of imidazole rings is 2. The summed E-state index contributed by atoms with van der Waals surface area (Å²) in [6, 6.07) is 17.5. The van der Waals surface area contributed by atoms with Crippen molar-refractivity contribution in [1.82, 2.24) is 45.3 Å². The summed E-state index contributed by atoms with van der Waals surface area (Å²) >= 11 is 0. The molecule has 2 aromatic heterocycles. The molecule has 398 valence electrons. The van der Waals surface area contributed by atoms with Crippen molar-refractivity contribution in [2.75, 3.05) is 19.9 Å². The third-order valence-corrected chi connectivity index (χ3v) is 13.8. The maximum absolute atomic E-state index is 14.5. The minimum Gasteiger partial charge on any atom is -0.454 e. The highest BCUT2D eigenvalue weighted by Crippen LogP contribution is 2.40. The number of H-pyrrole nitrogens is 2. The molecule has 5 aromatic rings. The second kappa shape index (κ2) is 21.0. The lowest BCUT2D eigenvalue weighted by Crippen LogP contribution is -2.52. The van der Waals surface area contributed by atoms with Crippen LogP contribution in [-0.2, 0) is 36.9 Å². The number of nitrogens with zero attached hydrogens (tertiary/aromatic N) is 5. The van der Waals surface area contributed by atoms with Gasteiger partial charge in [-0.05, 0) is 106 Å².